The molecule has 9 heteroatoms. The second-order valence-electron chi connectivity index (χ2n) is 9.37. The fraction of sp³-hybridized carbons (Fsp3) is 0.542. The standard InChI is InChI=1S/C24H31N3O5S/c1-17-11-21(18(2)27(17)20-5-10-33(29,30)15-20)22(28)14-26-8-6-25(7-9-26)13-19-3-4-23-24(12-19)32-16-31-23/h3-4,11-12,20H,5-10,13-16H2,1-2H3/t20-/m0/s1. The normalized spacial score (nSPS) is 22.7. The number of Topliss-reactive ketones (excluding diaryl/α,β-unsaturated/α-hetero) is 1. The second-order valence-corrected chi connectivity index (χ2v) is 11.6. The second kappa shape index (κ2) is 8.77. The van der Waals surface area contributed by atoms with Gasteiger partial charge in [0.1, 0.15) is 0 Å². The number of ketones is 1. The molecule has 33 heavy (non-hydrogen) atoms. The average molecular weight is 474 g/mol. The minimum atomic E-state index is -2.97. The number of carbonyl (C=O) groups is 1. The first-order valence-electron chi connectivity index (χ1n) is 11.5. The van der Waals surface area contributed by atoms with Gasteiger partial charge in [-0.2, -0.15) is 0 Å². The Kier molecular flexibility index (Phi) is 5.96. The highest BCUT2D eigenvalue weighted by molar-refractivity contribution is 7.91. The van der Waals surface area contributed by atoms with Crippen LogP contribution in [0.3, 0.4) is 0 Å². The third-order valence-corrected chi connectivity index (χ3v) is 8.78. The van der Waals surface area contributed by atoms with Gasteiger partial charge in [-0.1, -0.05) is 6.07 Å². The van der Waals surface area contributed by atoms with Gasteiger partial charge in [-0.3, -0.25) is 14.6 Å². The number of benzene rings is 1. The van der Waals surface area contributed by atoms with E-state index in [0.29, 0.717) is 13.0 Å². The summed E-state index contributed by atoms with van der Waals surface area (Å²) in [7, 11) is -2.97. The lowest BCUT2D eigenvalue weighted by Gasteiger charge is -2.34. The highest BCUT2D eigenvalue weighted by Crippen LogP contribution is 2.33. The topological polar surface area (TPSA) is 81.1 Å². The van der Waals surface area contributed by atoms with Crippen molar-refractivity contribution in [3.8, 4) is 11.5 Å². The average Bonchev–Trinajstić information content (AvgIpc) is 3.46. The summed E-state index contributed by atoms with van der Waals surface area (Å²) in [6.45, 7) is 8.92. The van der Waals surface area contributed by atoms with E-state index in [1.54, 1.807) is 0 Å². The van der Waals surface area contributed by atoms with Gasteiger partial charge < -0.3 is 14.0 Å². The third kappa shape index (κ3) is 4.67. The molecule has 4 heterocycles. The van der Waals surface area contributed by atoms with Crippen LogP contribution in [0.25, 0.3) is 0 Å². The lowest BCUT2D eigenvalue weighted by atomic mass is 10.1. The first kappa shape index (κ1) is 22.4. The molecule has 0 N–H and O–H groups in total. The van der Waals surface area contributed by atoms with Gasteiger partial charge in [0.05, 0.1) is 18.1 Å². The van der Waals surface area contributed by atoms with E-state index in [1.165, 1.54) is 5.56 Å². The van der Waals surface area contributed by atoms with Crippen molar-refractivity contribution in [2.24, 2.45) is 0 Å². The van der Waals surface area contributed by atoms with E-state index in [4.69, 9.17) is 9.47 Å². The number of aryl methyl sites for hydroxylation is 1. The van der Waals surface area contributed by atoms with Crippen molar-refractivity contribution in [1.29, 1.82) is 0 Å². The molecule has 5 rings (SSSR count). The van der Waals surface area contributed by atoms with E-state index in [-0.39, 0.29) is 30.1 Å². The molecule has 178 valence electrons. The maximum Gasteiger partial charge on any atom is 0.231 e. The Labute approximate surface area is 195 Å². The first-order chi connectivity index (χ1) is 15.8. The smallest absolute Gasteiger partial charge is 0.231 e. The van der Waals surface area contributed by atoms with Crippen molar-refractivity contribution < 1.29 is 22.7 Å². The number of hydrogen-bond acceptors (Lipinski definition) is 7. The van der Waals surface area contributed by atoms with Crippen molar-refractivity contribution in [2.45, 2.75) is 32.9 Å². The van der Waals surface area contributed by atoms with E-state index >= 15 is 0 Å². The Hall–Kier alpha value is -2.36. The zero-order chi connectivity index (χ0) is 23.2. The summed E-state index contributed by atoms with van der Waals surface area (Å²) in [6.07, 6.45) is 0.623. The van der Waals surface area contributed by atoms with Crippen molar-refractivity contribution in [1.82, 2.24) is 14.4 Å². The van der Waals surface area contributed by atoms with E-state index in [9.17, 15) is 13.2 Å². The Morgan fingerprint density at radius 1 is 1.03 bits per heavy atom. The molecule has 1 aromatic carbocycles. The minimum Gasteiger partial charge on any atom is -0.454 e. The number of piperazine rings is 1. The van der Waals surface area contributed by atoms with Crippen LogP contribution in [0.1, 0.15) is 39.8 Å². The van der Waals surface area contributed by atoms with Crippen molar-refractivity contribution in [2.75, 3.05) is 51.0 Å². The van der Waals surface area contributed by atoms with Crippen LogP contribution >= 0.6 is 0 Å². The molecule has 0 amide bonds. The monoisotopic (exact) mass is 473 g/mol. The molecular formula is C24H31N3O5S. The molecule has 0 spiro atoms. The number of nitrogens with zero attached hydrogens (tertiary/aromatic N) is 3. The van der Waals surface area contributed by atoms with Crippen LogP contribution in [0.2, 0.25) is 0 Å². The van der Waals surface area contributed by atoms with E-state index < -0.39 is 9.84 Å². The highest BCUT2D eigenvalue weighted by Gasteiger charge is 2.32. The summed E-state index contributed by atoms with van der Waals surface area (Å²) in [5.74, 6) is 2.12. The molecule has 0 unspecified atom stereocenters. The summed E-state index contributed by atoms with van der Waals surface area (Å²) in [6, 6.07) is 7.96. The summed E-state index contributed by atoms with van der Waals surface area (Å²) in [5, 5.41) is 0. The zero-order valence-electron chi connectivity index (χ0n) is 19.2. The SMILES string of the molecule is Cc1cc(C(=O)CN2CCN(Cc3ccc4c(c3)OCO4)CC2)c(C)n1[C@H]1CCS(=O)(=O)C1. The molecule has 8 nitrogen and oxygen atoms in total. The molecule has 2 fully saturated rings. The Bertz CT molecular complexity index is 1170. The van der Waals surface area contributed by atoms with E-state index in [2.05, 4.69) is 20.4 Å². The molecular weight excluding hydrogens is 442 g/mol. The third-order valence-electron chi connectivity index (χ3n) is 7.03. The predicted molar refractivity (Wildman–Crippen MR) is 125 cm³/mol. The zero-order valence-corrected chi connectivity index (χ0v) is 20.1. The number of hydrogen-bond donors (Lipinski definition) is 0. The van der Waals surface area contributed by atoms with E-state index in [0.717, 1.165) is 61.2 Å². The first-order valence-corrected chi connectivity index (χ1v) is 13.4. The van der Waals surface area contributed by atoms with Gasteiger partial charge in [-0.05, 0) is 44.0 Å². The quantitative estimate of drug-likeness (QED) is 0.595. The molecule has 3 aliphatic rings. The van der Waals surface area contributed by atoms with Gasteiger partial charge in [-0.25, -0.2) is 8.42 Å². The largest absolute Gasteiger partial charge is 0.454 e. The number of sulfone groups is 1. The van der Waals surface area contributed by atoms with E-state index in [1.807, 2.05) is 32.0 Å². The number of ether oxygens (including phenoxy) is 2. The molecule has 0 aliphatic carbocycles. The van der Waals surface area contributed by atoms with Crippen molar-refractivity contribution >= 4 is 15.6 Å². The van der Waals surface area contributed by atoms with Crippen LogP contribution in [0.15, 0.2) is 24.3 Å². The molecule has 0 saturated carbocycles. The maximum absolute atomic E-state index is 13.1. The summed E-state index contributed by atoms with van der Waals surface area (Å²) in [5.41, 5.74) is 3.78. The van der Waals surface area contributed by atoms with Gasteiger partial charge in [0.2, 0.25) is 6.79 Å². The van der Waals surface area contributed by atoms with Gasteiger partial charge in [-0.15, -0.1) is 0 Å². The summed E-state index contributed by atoms with van der Waals surface area (Å²) >= 11 is 0. The molecule has 2 aromatic rings. The summed E-state index contributed by atoms with van der Waals surface area (Å²) in [4.78, 5) is 17.7. The van der Waals surface area contributed by atoms with Crippen LogP contribution < -0.4 is 9.47 Å². The van der Waals surface area contributed by atoms with Crippen LogP contribution in [0.4, 0.5) is 0 Å². The van der Waals surface area contributed by atoms with Crippen molar-refractivity contribution in [3.63, 3.8) is 0 Å². The van der Waals surface area contributed by atoms with Gasteiger partial charge in [0.25, 0.3) is 0 Å². The van der Waals surface area contributed by atoms with Crippen LogP contribution in [-0.4, -0.2) is 79.6 Å². The minimum absolute atomic E-state index is 0.0590. The number of carbonyl (C=O) groups excluding carboxylic acids is 1. The summed E-state index contributed by atoms with van der Waals surface area (Å²) < 4.78 is 36.8. The lowest BCUT2D eigenvalue weighted by molar-refractivity contribution is 0.0843. The molecule has 0 radical (unpaired) electrons. The van der Waals surface area contributed by atoms with Crippen LogP contribution in [-0.2, 0) is 16.4 Å². The number of rotatable bonds is 6. The molecule has 1 atom stereocenters. The predicted octanol–water partition coefficient (Wildman–Crippen LogP) is 2.19. The Morgan fingerprint density at radius 3 is 2.48 bits per heavy atom. The molecule has 3 aliphatic heterocycles. The highest BCUT2D eigenvalue weighted by atomic mass is 32.2. The van der Waals surface area contributed by atoms with Crippen LogP contribution in [0, 0.1) is 13.8 Å². The van der Waals surface area contributed by atoms with Crippen LogP contribution in [0.5, 0.6) is 11.5 Å². The maximum atomic E-state index is 13.1. The van der Waals surface area contributed by atoms with Gasteiger partial charge in [0, 0.05) is 55.7 Å². The van der Waals surface area contributed by atoms with Crippen molar-refractivity contribution in [3.05, 3.63) is 46.8 Å². The molecule has 0 bridgehead atoms. The van der Waals surface area contributed by atoms with Gasteiger partial charge >= 0.3 is 0 Å². The number of fused-ring (bicyclic) bond motifs is 1. The fourth-order valence-electron chi connectivity index (χ4n) is 5.29. The molecule has 2 saturated heterocycles. The lowest BCUT2D eigenvalue weighted by Crippen LogP contribution is -2.47. The number of aromatic nitrogens is 1. The van der Waals surface area contributed by atoms with Gasteiger partial charge in [0.15, 0.2) is 27.1 Å². The Balaban J connectivity index is 1.17. The fourth-order valence-corrected chi connectivity index (χ4v) is 6.99. The Morgan fingerprint density at radius 2 is 1.76 bits per heavy atom. The molecule has 1 aromatic heterocycles.